The summed E-state index contributed by atoms with van der Waals surface area (Å²) in [6, 6.07) is 3.71. The van der Waals surface area contributed by atoms with E-state index in [-0.39, 0.29) is 18.1 Å². The molecule has 1 amide bonds. The van der Waals surface area contributed by atoms with E-state index in [1.807, 2.05) is 17.5 Å². The summed E-state index contributed by atoms with van der Waals surface area (Å²) in [7, 11) is 0. The van der Waals surface area contributed by atoms with Gasteiger partial charge in [0.25, 0.3) is 0 Å². The highest BCUT2D eigenvalue weighted by Gasteiger charge is 2.27. The Morgan fingerprint density at radius 1 is 1.73 bits per heavy atom. The molecule has 1 fully saturated rings. The van der Waals surface area contributed by atoms with Gasteiger partial charge < -0.3 is 15.7 Å². The van der Waals surface area contributed by atoms with E-state index in [9.17, 15) is 9.90 Å². The van der Waals surface area contributed by atoms with Crippen molar-refractivity contribution in [3.8, 4) is 0 Å². The van der Waals surface area contributed by atoms with Gasteiger partial charge in [-0.05, 0) is 17.9 Å². The maximum atomic E-state index is 11.6. The lowest BCUT2D eigenvalue weighted by Gasteiger charge is -2.09. The zero-order valence-corrected chi connectivity index (χ0v) is 9.09. The third-order valence-corrected chi connectivity index (χ3v) is 3.32. The van der Waals surface area contributed by atoms with Crippen LogP contribution in [0.25, 0.3) is 0 Å². The van der Waals surface area contributed by atoms with Gasteiger partial charge in [-0.3, -0.25) is 4.79 Å². The molecule has 5 heteroatoms. The van der Waals surface area contributed by atoms with Gasteiger partial charge in [0.15, 0.2) is 0 Å². The molecule has 0 aliphatic carbocycles. The van der Waals surface area contributed by atoms with E-state index < -0.39 is 0 Å². The lowest BCUT2D eigenvalue weighted by Crippen LogP contribution is -2.39. The van der Waals surface area contributed by atoms with Crippen molar-refractivity contribution in [3.63, 3.8) is 0 Å². The fourth-order valence-corrected chi connectivity index (χ4v) is 2.27. The van der Waals surface area contributed by atoms with Gasteiger partial charge in [0.2, 0.25) is 5.91 Å². The average molecular weight is 226 g/mol. The van der Waals surface area contributed by atoms with Gasteiger partial charge in [-0.15, -0.1) is 11.3 Å². The van der Waals surface area contributed by atoms with Crippen LogP contribution in [0.3, 0.4) is 0 Å². The summed E-state index contributed by atoms with van der Waals surface area (Å²) >= 11 is 1.62. The first-order chi connectivity index (χ1) is 7.25. The van der Waals surface area contributed by atoms with Crippen molar-refractivity contribution in [1.82, 2.24) is 10.6 Å². The Labute approximate surface area is 92.3 Å². The van der Waals surface area contributed by atoms with Crippen LogP contribution in [0.1, 0.15) is 11.3 Å². The number of hydrogen-bond donors (Lipinski definition) is 3. The summed E-state index contributed by atoms with van der Waals surface area (Å²) in [5.74, 6) is -0.0278. The molecule has 1 aromatic heterocycles. The van der Waals surface area contributed by atoms with Gasteiger partial charge in [0.05, 0.1) is 18.7 Å². The standard InChI is InChI=1S/C10H14N2O2S/c13-7-4-9(11-5-7)10(14)12-6-8-2-1-3-15-8/h1-3,7,9,11,13H,4-6H2,(H,12,14). The minimum atomic E-state index is -0.387. The van der Waals surface area contributed by atoms with Crippen molar-refractivity contribution >= 4 is 17.2 Å². The Kier molecular flexibility index (Phi) is 3.35. The van der Waals surface area contributed by atoms with Gasteiger partial charge in [0, 0.05) is 11.4 Å². The Balaban J connectivity index is 1.78. The van der Waals surface area contributed by atoms with Crippen LogP contribution in [-0.4, -0.2) is 29.7 Å². The van der Waals surface area contributed by atoms with Gasteiger partial charge >= 0.3 is 0 Å². The summed E-state index contributed by atoms with van der Waals surface area (Å²) in [5.41, 5.74) is 0. The number of aliphatic hydroxyl groups excluding tert-OH is 1. The molecule has 82 valence electrons. The van der Waals surface area contributed by atoms with Crippen molar-refractivity contribution in [2.45, 2.75) is 25.1 Å². The molecule has 2 rings (SSSR count). The van der Waals surface area contributed by atoms with E-state index in [0.717, 1.165) is 4.88 Å². The Hall–Kier alpha value is -0.910. The molecule has 0 saturated carbocycles. The summed E-state index contributed by atoms with van der Waals surface area (Å²) in [5, 5.41) is 17.1. The van der Waals surface area contributed by atoms with Crippen LogP contribution in [0, 0.1) is 0 Å². The predicted octanol–water partition coefficient (Wildman–Crippen LogP) is 0.0871. The number of thiophene rings is 1. The molecule has 4 nitrogen and oxygen atoms in total. The molecule has 1 aromatic rings. The fraction of sp³-hybridized carbons (Fsp3) is 0.500. The molecule has 0 aromatic carbocycles. The second kappa shape index (κ2) is 4.74. The largest absolute Gasteiger partial charge is 0.392 e. The lowest BCUT2D eigenvalue weighted by molar-refractivity contribution is -0.123. The van der Waals surface area contributed by atoms with Crippen LogP contribution in [0.2, 0.25) is 0 Å². The molecule has 15 heavy (non-hydrogen) atoms. The van der Waals surface area contributed by atoms with Crippen LogP contribution in [0.15, 0.2) is 17.5 Å². The molecule has 1 saturated heterocycles. The first-order valence-corrected chi connectivity index (χ1v) is 5.85. The number of rotatable bonds is 3. The Morgan fingerprint density at radius 3 is 3.20 bits per heavy atom. The van der Waals surface area contributed by atoms with Gasteiger partial charge in [-0.25, -0.2) is 0 Å². The smallest absolute Gasteiger partial charge is 0.237 e. The average Bonchev–Trinajstić information content (AvgIpc) is 2.84. The van der Waals surface area contributed by atoms with Crippen molar-refractivity contribution in [2.24, 2.45) is 0 Å². The zero-order chi connectivity index (χ0) is 10.7. The SMILES string of the molecule is O=C(NCc1cccs1)C1CC(O)CN1. The summed E-state index contributed by atoms with van der Waals surface area (Å²) < 4.78 is 0. The van der Waals surface area contributed by atoms with E-state index in [0.29, 0.717) is 19.5 Å². The van der Waals surface area contributed by atoms with Crippen molar-refractivity contribution in [3.05, 3.63) is 22.4 Å². The van der Waals surface area contributed by atoms with Crippen molar-refractivity contribution < 1.29 is 9.90 Å². The molecular formula is C10H14N2O2S. The number of β-amino-alcohol motifs (C(OH)–C–C–N with tert-alkyl or cyclic N) is 1. The number of nitrogens with one attached hydrogen (secondary N) is 2. The molecular weight excluding hydrogens is 212 g/mol. The maximum absolute atomic E-state index is 11.6. The Bertz CT molecular complexity index is 326. The fourth-order valence-electron chi connectivity index (χ4n) is 1.63. The molecule has 0 radical (unpaired) electrons. The van der Waals surface area contributed by atoms with E-state index in [2.05, 4.69) is 10.6 Å². The van der Waals surface area contributed by atoms with Gasteiger partial charge in [-0.2, -0.15) is 0 Å². The van der Waals surface area contributed by atoms with Crippen molar-refractivity contribution in [1.29, 1.82) is 0 Å². The second-order valence-corrected chi connectivity index (χ2v) is 4.68. The molecule has 2 heterocycles. The summed E-state index contributed by atoms with van der Waals surface area (Å²) in [6.07, 6.45) is 0.124. The second-order valence-electron chi connectivity index (χ2n) is 3.65. The minimum absolute atomic E-state index is 0.0278. The molecule has 1 aliphatic rings. The highest BCUT2D eigenvalue weighted by Crippen LogP contribution is 2.09. The number of amides is 1. The van der Waals surface area contributed by atoms with Gasteiger partial charge in [0.1, 0.15) is 0 Å². The molecule has 2 atom stereocenters. The number of carbonyl (C=O) groups is 1. The molecule has 0 spiro atoms. The Morgan fingerprint density at radius 2 is 2.60 bits per heavy atom. The van der Waals surface area contributed by atoms with E-state index in [1.165, 1.54) is 0 Å². The molecule has 3 N–H and O–H groups in total. The van der Waals surface area contributed by atoms with Crippen LogP contribution in [0.5, 0.6) is 0 Å². The van der Waals surface area contributed by atoms with E-state index >= 15 is 0 Å². The van der Waals surface area contributed by atoms with Crippen LogP contribution < -0.4 is 10.6 Å². The lowest BCUT2D eigenvalue weighted by atomic mass is 10.2. The molecule has 1 aliphatic heterocycles. The van der Waals surface area contributed by atoms with Crippen LogP contribution >= 0.6 is 11.3 Å². The number of hydrogen-bond acceptors (Lipinski definition) is 4. The molecule has 2 unspecified atom stereocenters. The summed E-state index contributed by atoms with van der Waals surface area (Å²) in [4.78, 5) is 12.7. The normalized spacial score (nSPS) is 25.4. The molecule has 0 bridgehead atoms. The third-order valence-electron chi connectivity index (χ3n) is 2.44. The first kappa shape index (κ1) is 10.6. The maximum Gasteiger partial charge on any atom is 0.237 e. The summed E-state index contributed by atoms with van der Waals surface area (Å²) in [6.45, 7) is 1.09. The quantitative estimate of drug-likeness (QED) is 0.684. The topological polar surface area (TPSA) is 61.4 Å². The zero-order valence-electron chi connectivity index (χ0n) is 8.27. The highest BCUT2D eigenvalue weighted by atomic mass is 32.1. The monoisotopic (exact) mass is 226 g/mol. The first-order valence-electron chi connectivity index (χ1n) is 4.97. The van der Waals surface area contributed by atoms with Crippen LogP contribution in [0.4, 0.5) is 0 Å². The van der Waals surface area contributed by atoms with E-state index in [4.69, 9.17) is 0 Å². The van der Waals surface area contributed by atoms with Gasteiger partial charge in [-0.1, -0.05) is 6.07 Å². The number of carbonyl (C=O) groups excluding carboxylic acids is 1. The number of aliphatic hydroxyl groups is 1. The minimum Gasteiger partial charge on any atom is -0.392 e. The predicted molar refractivity (Wildman–Crippen MR) is 58.6 cm³/mol. The van der Waals surface area contributed by atoms with E-state index in [1.54, 1.807) is 11.3 Å². The third kappa shape index (κ3) is 2.77. The highest BCUT2D eigenvalue weighted by molar-refractivity contribution is 7.09. The van der Waals surface area contributed by atoms with Crippen LogP contribution in [-0.2, 0) is 11.3 Å². The van der Waals surface area contributed by atoms with Crippen molar-refractivity contribution in [2.75, 3.05) is 6.54 Å².